The van der Waals surface area contributed by atoms with Gasteiger partial charge < -0.3 is 20.9 Å². The molecule has 94 valence electrons. The number of aromatic nitrogens is 1. The highest BCUT2D eigenvalue weighted by Crippen LogP contribution is 2.01. The zero-order valence-electron chi connectivity index (χ0n) is 9.72. The van der Waals surface area contributed by atoms with Gasteiger partial charge in [0.1, 0.15) is 0 Å². The Hall–Kier alpha value is -1.50. The van der Waals surface area contributed by atoms with Crippen LogP contribution in [0.3, 0.4) is 0 Å². The summed E-state index contributed by atoms with van der Waals surface area (Å²) >= 11 is 0. The Labute approximate surface area is 99.8 Å². The predicted molar refractivity (Wildman–Crippen MR) is 62.3 cm³/mol. The van der Waals surface area contributed by atoms with Crippen LogP contribution in [0, 0.1) is 0 Å². The van der Waals surface area contributed by atoms with E-state index in [1.54, 1.807) is 12.1 Å². The van der Waals surface area contributed by atoms with Crippen molar-refractivity contribution in [1.82, 2.24) is 10.3 Å². The topological polar surface area (TPSA) is 97.5 Å². The molecule has 0 radical (unpaired) electrons. The van der Waals surface area contributed by atoms with Gasteiger partial charge in [0.15, 0.2) is 0 Å². The van der Waals surface area contributed by atoms with Gasteiger partial charge in [-0.2, -0.15) is 0 Å². The number of amides is 1. The maximum Gasteiger partial charge on any atom is 0.251 e. The van der Waals surface area contributed by atoms with Crippen molar-refractivity contribution in [2.45, 2.75) is 12.6 Å². The number of carbonyl (C=O) groups is 1. The van der Waals surface area contributed by atoms with Crippen molar-refractivity contribution in [3.8, 4) is 0 Å². The largest absolute Gasteiger partial charge is 0.389 e. The number of nitrogens with zero attached hydrogens (tertiary/aromatic N) is 1. The van der Waals surface area contributed by atoms with Gasteiger partial charge in [-0.3, -0.25) is 9.78 Å². The molecule has 1 aromatic heterocycles. The standard InChI is InChI=1S/C11H17N3O3/c1-17-7-10(15)6-14-11(16)8-2-3-13-9(4-8)5-12/h2-4,10,15H,5-7,12H2,1H3,(H,14,16). The molecule has 0 aromatic carbocycles. The molecule has 1 rings (SSSR count). The first-order valence-corrected chi connectivity index (χ1v) is 5.27. The number of nitrogens with two attached hydrogens (primary N) is 1. The Kier molecular flexibility index (Phi) is 5.55. The second-order valence-corrected chi connectivity index (χ2v) is 3.56. The summed E-state index contributed by atoms with van der Waals surface area (Å²) in [6.45, 7) is 0.616. The van der Waals surface area contributed by atoms with E-state index >= 15 is 0 Å². The van der Waals surface area contributed by atoms with Gasteiger partial charge in [-0.1, -0.05) is 0 Å². The van der Waals surface area contributed by atoms with Crippen molar-refractivity contribution in [2.75, 3.05) is 20.3 Å². The number of methoxy groups -OCH3 is 1. The molecule has 0 aliphatic heterocycles. The normalized spacial score (nSPS) is 12.2. The van der Waals surface area contributed by atoms with E-state index in [1.165, 1.54) is 13.3 Å². The van der Waals surface area contributed by atoms with Gasteiger partial charge in [0.05, 0.1) is 18.4 Å². The van der Waals surface area contributed by atoms with Gasteiger partial charge in [0.2, 0.25) is 0 Å². The molecule has 0 bridgehead atoms. The van der Waals surface area contributed by atoms with Crippen LogP contribution in [0.2, 0.25) is 0 Å². The third kappa shape index (κ3) is 4.48. The molecule has 0 aliphatic carbocycles. The van der Waals surface area contributed by atoms with Crippen LogP contribution in [0.4, 0.5) is 0 Å². The van der Waals surface area contributed by atoms with Gasteiger partial charge in [0.25, 0.3) is 5.91 Å². The van der Waals surface area contributed by atoms with Crippen LogP contribution < -0.4 is 11.1 Å². The number of rotatable bonds is 6. The number of aliphatic hydroxyl groups is 1. The summed E-state index contributed by atoms with van der Waals surface area (Å²) in [5.41, 5.74) is 6.56. The fraction of sp³-hybridized carbons (Fsp3) is 0.455. The SMILES string of the molecule is COCC(O)CNC(=O)c1ccnc(CN)c1. The molecular formula is C11H17N3O3. The van der Waals surface area contributed by atoms with Crippen molar-refractivity contribution in [1.29, 1.82) is 0 Å². The van der Waals surface area contributed by atoms with E-state index in [-0.39, 0.29) is 25.6 Å². The number of hydrogen-bond acceptors (Lipinski definition) is 5. The fourth-order valence-corrected chi connectivity index (χ4v) is 1.29. The number of carbonyl (C=O) groups excluding carboxylic acids is 1. The minimum atomic E-state index is -0.709. The minimum Gasteiger partial charge on any atom is -0.389 e. The Balaban J connectivity index is 2.51. The predicted octanol–water partition coefficient (Wildman–Crippen LogP) is -0.723. The molecule has 1 unspecified atom stereocenters. The van der Waals surface area contributed by atoms with Crippen LogP contribution in [0.25, 0.3) is 0 Å². The van der Waals surface area contributed by atoms with Gasteiger partial charge in [0, 0.05) is 32.0 Å². The lowest BCUT2D eigenvalue weighted by Crippen LogP contribution is -2.34. The van der Waals surface area contributed by atoms with Crippen molar-refractivity contribution >= 4 is 5.91 Å². The zero-order valence-corrected chi connectivity index (χ0v) is 9.72. The lowest BCUT2D eigenvalue weighted by molar-refractivity contribution is 0.0610. The maximum absolute atomic E-state index is 11.7. The fourth-order valence-electron chi connectivity index (χ4n) is 1.29. The van der Waals surface area contributed by atoms with Crippen LogP contribution in [0.15, 0.2) is 18.3 Å². The second-order valence-electron chi connectivity index (χ2n) is 3.56. The zero-order chi connectivity index (χ0) is 12.7. The molecule has 0 aliphatic rings. The van der Waals surface area contributed by atoms with Crippen LogP contribution in [0.5, 0.6) is 0 Å². The van der Waals surface area contributed by atoms with E-state index in [2.05, 4.69) is 10.3 Å². The molecule has 4 N–H and O–H groups in total. The Morgan fingerprint density at radius 3 is 3.12 bits per heavy atom. The molecule has 1 aromatic rings. The van der Waals surface area contributed by atoms with Crippen LogP contribution in [-0.2, 0) is 11.3 Å². The Morgan fingerprint density at radius 1 is 1.71 bits per heavy atom. The monoisotopic (exact) mass is 239 g/mol. The summed E-state index contributed by atoms with van der Waals surface area (Å²) in [6, 6.07) is 3.22. The highest BCUT2D eigenvalue weighted by molar-refractivity contribution is 5.94. The first-order chi connectivity index (χ1) is 8.17. The van der Waals surface area contributed by atoms with E-state index < -0.39 is 6.10 Å². The average molecular weight is 239 g/mol. The van der Waals surface area contributed by atoms with Gasteiger partial charge in [-0.15, -0.1) is 0 Å². The molecule has 17 heavy (non-hydrogen) atoms. The van der Waals surface area contributed by atoms with E-state index in [1.807, 2.05) is 0 Å². The van der Waals surface area contributed by atoms with Crippen LogP contribution in [-0.4, -0.2) is 42.4 Å². The number of pyridine rings is 1. The third-order valence-electron chi connectivity index (χ3n) is 2.15. The molecule has 1 amide bonds. The molecule has 0 spiro atoms. The molecule has 0 saturated carbocycles. The number of nitrogens with one attached hydrogen (secondary N) is 1. The third-order valence-corrected chi connectivity index (χ3v) is 2.15. The molecule has 0 saturated heterocycles. The number of hydrogen-bond donors (Lipinski definition) is 3. The summed E-state index contributed by atoms with van der Waals surface area (Å²) in [7, 11) is 1.49. The highest BCUT2D eigenvalue weighted by atomic mass is 16.5. The summed E-state index contributed by atoms with van der Waals surface area (Å²) < 4.78 is 4.75. The summed E-state index contributed by atoms with van der Waals surface area (Å²) in [5.74, 6) is -0.266. The van der Waals surface area contributed by atoms with E-state index in [0.29, 0.717) is 11.3 Å². The lowest BCUT2D eigenvalue weighted by atomic mass is 10.2. The van der Waals surface area contributed by atoms with Crippen molar-refractivity contribution in [2.24, 2.45) is 5.73 Å². The van der Waals surface area contributed by atoms with Crippen molar-refractivity contribution < 1.29 is 14.6 Å². The molecular weight excluding hydrogens is 222 g/mol. The summed E-state index contributed by atoms with van der Waals surface area (Å²) in [6.07, 6.45) is 0.822. The Morgan fingerprint density at radius 2 is 2.47 bits per heavy atom. The quantitative estimate of drug-likeness (QED) is 0.608. The smallest absolute Gasteiger partial charge is 0.251 e. The van der Waals surface area contributed by atoms with Gasteiger partial charge >= 0.3 is 0 Å². The lowest BCUT2D eigenvalue weighted by Gasteiger charge is -2.10. The van der Waals surface area contributed by atoms with Gasteiger partial charge in [-0.05, 0) is 12.1 Å². The second kappa shape index (κ2) is 6.95. The maximum atomic E-state index is 11.7. The van der Waals surface area contributed by atoms with Crippen LogP contribution >= 0.6 is 0 Å². The molecule has 6 heteroatoms. The number of ether oxygens (including phenoxy) is 1. The van der Waals surface area contributed by atoms with E-state index in [0.717, 1.165) is 0 Å². The van der Waals surface area contributed by atoms with Crippen LogP contribution in [0.1, 0.15) is 16.1 Å². The number of aliphatic hydroxyl groups excluding tert-OH is 1. The molecule has 6 nitrogen and oxygen atoms in total. The summed E-state index contributed by atoms with van der Waals surface area (Å²) in [4.78, 5) is 15.7. The Bertz CT molecular complexity index is 371. The summed E-state index contributed by atoms with van der Waals surface area (Å²) in [5, 5.41) is 12.0. The average Bonchev–Trinajstić information content (AvgIpc) is 2.36. The van der Waals surface area contributed by atoms with Crippen molar-refractivity contribution in [3.63, 3.8) is 0 Å². The molecule has 1 atom stereocenters. The first-order valence-electron chi connectivity index (χ1n) is 5.27. The van der Waals surface area contributed by atoms with Gasteiger partial charge in [-0.25, -0.2) is 0 Å². The highest BCUT2D eigenvalue weighted by Gasteiger charge is 2.09. The minimum absolute atomic E-state index is 0.146. The van der Waals surface area contributed by atoms with Crippen molar-refractivity contribution in [3.05, 3.63) is 29.6 Å². The van der Waals surface area contributed by atoms with E-state index in [4.69, 9.17) is 10.5 Å². The first kappa shape index (κ1) is 13.6. The molecule has 1 heterocycles. The molecule has 0 fully saturated rings. The van der Waals surface area contributed by atoms with E-state index in [9.17, 15) is 9.90 Å².